The predicted octanol–water partition coefficient (Wildman–Crippen LogP) is -0.781. The number of hydrogen-bond donors (Lipinski definition) is 2. The molecule has 3 heterocycles. The Bertz CT molecular complexity index is 513. The van der Waals surface area contributed by atoms with E-state index in [2.05, 4.69) is 15.2 Å². The molecular formula is C14H20N4O4. The molecule has 2 aliphatic heterocycles. The van der Waals surface area contributed by atoms with Gasteiger partial charge in [0.1, 0.15) is 12.6 Å². The van der Waals surface area contributed by atoms with Gasteiger partial charge in [-0.3, -0.25) is 19.3 Å². The number of aromatic nitrogens is 1. The fourth-order valence-electron chi connectivity index (χ4n) is 2.52. The van der Waals surface area contributed by atoms with Gasteiger partial charge in [-0.15, -0.1) is 0 Å². The summed E-state index contributed by atoms with van der Waals surface area (Å²) in [4.78, 5) is 34.6. The van der Waals surface area contributed by atoms with Crippen LogP contribution < -0.4 is 5.32 Å². The zero-order valence-corrected chi connectivity index (χ0v) is 12.3. The smallest absolute Gasteiger partial charge is 0.271 e. The number of aromatic amines is 1. The van der Waals surface area contributed by atoms with Crippen LogP contribution in [-0.4, -0.2) is 78.8 Å². The van der Waals surface area contributed by atoms with Crippen molar-refractivity contribution in [1.29, 1.82) is 0 Å². The average Bonchev–Trinajstić information content (AvgIpc) is 3.18. The van der Waals surface area contributed by atoms with Crippen LogP contribution in [0, 0.1) is 0 Å². The summed E-state index contributed by atoms with van der Waals surface area (Å²) in [6.45, 7) is 4.61. The second kappa shape index (κ2) is 6.91. The number of nitrogens with one attached hydrogen (secondary N) is 2. The van der Waals surface area contributed by atoms with Gasteiger partial charge >= 0.3 is 0 Å². The van der Waals surface area contributed by atoms with E-state index in [0.29, 0.717) is 12.1 Å². The van der Waals surface area contributed by atoms with Gasteiger partial charge in [-0.1, -0.05) is 0 Å². The number of ether oxygens (including phenoxy) is 1. The highest BCUT2D eigenvalue weighted by Gasteiger charge is 2.34. The molecule has 0 spiro atoms. The lowest BCUT2D eigenvalue weighted by atomic mass is 10.2. The summed E-state index contributed by atoms with van der Waals surface area (Å²) in [5.41, 5.74) is 0.500. The Morgan fingerprint density at radius 1 is 1.36 bits per heavy atom. The third kappa shape index (κ3) is 3.46. The van der Waals surface area contributed by atoms with Crippen LogP contribution in [0.15, 0.2) is 18.5 Å². The number of morpholine rings is 1. The number of carbonyl (C=O) groups excluding carboxylic acids is 2. The van der Waals surface area contributed by atoms with Crippen LogP contribution in [-0.2, 0) is 14.4 Å². The van der Waals surface area contributed by atoms with E-state index in [-0.39, 0.29) is 18.4 Å². The van der Waals surface area contributed by atoms with Crippen LogP contribution in [0.1, 0.15) is 10.4 Å². The van der Waals surface area contributed by atoms with E-state index < -0.39 is 6.04 Å². The Kier molecular flexibility index (Phi) is 4.71. The van der Waals surface area contributed by atoms with E-state index in [4.69, 9.17) is 9.57 Å². The number of H-pyrrole nitrogens is 1. The highest BCUT2D eigenvalue weighted by molar-refractivity contribution is 5.97. The first kappa shape index (κ1) is 15.0. The zero-order valence-electron chi connectivity index (χ0n) is 12.3. The molecule has 0 aliphatic carbocycles. The van der Waals surface area contributed by atoms with E-state index in [1.165, 1.54) is 5.06 Å². The normalized spacial score (nSPS) is 23.0. The molecule has 2 aliphatic rings. The van der Waals surface area contributed by atoms with Crippen molar-refractivity contribution in [1.82, 2.24) is 20.3 Å². The minimum atomic E-state index is -0.618. The molecule has 0 bridgehead atoms. The van der Waals surface area contributed by atoms with Crippen molar-refractivity contribution in [3.63, 3.8) is 0 Å². The van der Waals surface area contributed by atoms with Crippen LogP contribution in [0.4, 0.5) is 0 Å². The summed E-state index contributed by atoms with van der Waals surface area (Å²) in [5, 5.41) is 4.03. The van der Waals surface area contributed by atoms with Gasteiger partial charge in [-0.2, -0.15) is 0 Å². The lowest BCUT2D eigenvalue weighted by Gasteiger charge is -2.27. The minimum absolute atomic E-state index is 0.179. The van der Waals surface area contributed by atoms with E-state index in [9.17, 15) is 9.59 Å². The summed E-state index contributed by atoms with van der Waals surface area (Å²) >= 11 is 0. The van der Waals surface area contributed by atoms with E-state index in [0.717, 1.165) is 32.8 Å². The molecule has 2 fully saturated rings. The summed E-state index contributed by atoms with van der Waals surface area (Å²) in [5.74, 6) is -0.477. The highest BCUT2D eigenvalue weighted by Crippen LogP contribution is 2.09. The molecule has 1 aromatic rings. The Labute approximate surface area is 128 Å². The van der Waals surface area contributed by atoms with Crippen molar-refractivity contribution in [2.75, 3.05) is 46.0 Å². The van der Waals surface area contributed by atoms with Crippen LogP contribution in [0.2, 0.25) is 0 Å². The second-order valence-electron chi connectivity index (χ2n) is 5.32. The maximum absolute atomic E-state index is 12.2. The quantitative estimate of drug-likeness (QED) is 0.745. The van der Waals surface area contributed by atoms with Gasteiger partial charge in [0.2, 0.25) is 0 Å². The fourth-order valence-corrected chi connectivity index (χ4v) is 2.52. The van der Waals surface area contributed by atoms with Crippen LogP contribution >= 0.6 is 0 Å². The molecule has 0 unspecified atom stereocenters. The minimum Gasteiger partial charge on any atom is -0.379 e. The number of hydrogen-bond acceptors (Lipinski definition) is 5. The summed E-state index contributed by atoms with van der Waals surface area (Å²) in [6, 6.07) is 1.04. The largest absolute Gasteiger partial charge is 0.379 e. The molecule has 2 amide bonds. The third-order valence-corrected chi connectivity index (χ3v) is 3.83. The number of amides is 2. The summed E-state index contributed by atoms with van der Waals surface area (Å²) < 4.78 is 5.29. The van der Waals surface area contributed by atoms with Crippen LogP contribution in [0.25, 0.3) is 0 Å². The number of nitrogens with zero attached hydrogens (tertiary/aromatic N) is 2. The van der Waals surface area contributed by atoms with Gasteiger partial charge in [-0.25, -0.2) is 5.06 Å². The van der Waals surface area contributed by atoms with Crippen molar-refractivity contribution < 1.29 is 19.2 Å². The van der Waals surface area contributed by atoms with Gasteiger partial charge in [0.15, 0.2) is 0 Å². The van der Waals surface area contributed by atoms with Crippen LogP contribution in [0.3, 0.4) is 0 Å². The van der Waals surface area contributed by atoms with Crippen molar-refractivity contribution >= 4 is 11.8 Å². The molecule has 2 N–H and O–H groups in total. The Morgan fingerprint density at radius 3 is 2.91 bits per heavy atom. The molecule has 1 atom stereocenters. The lowest BCUT2D eigenvalue weighted by Crippen LogP contribution is -2.45. The highest BCUT2D eigenvalue weighted by atomic mass is 16.7. The molecule has 120 valence electrons. The summed E-state index contributed by atoms with van der Waals surface area (Å²) in [6.07, 6.45) is 3.25. The van der Waals surface area contributed by atoms with Crippen molar-refractivity contribution in [2.24, 2.45) is 0 Å². The average molecular weight is 308 g/mol. The maximum Gasteiger partial charge on any atom is 0.271 e. The SMILES string of the molecule is O=C(N[C@@H]1CON(CCN2CCOCC2)C1=O)c1cc[nH]c1. The van der Waals surface area contributed by atoms with Gasteiger partial charge in [-0.05, 0) is 6.07 Å². The number of rotatable bonds is 5. The standard InChI is InChI=1S/C14H20N4O4/c19-13(11-1-2-15-9-11)16-12-10-22-18(14(12)20)4-3-17-5-7-21-8-6-17/h1-2,9,12,15H,3-8,10H2,(H,16,19)/t12-/m1/s1. The topological polar surface area (TPSA) is 86.9 Å². The third-order valence-electron chi connectivity index (χ3n) is 3.83. The van der Waals surface area contributed by atoms with Crippen LogP contribution in [0.5, 0.6) is 0 Å². The molecule has 0 radical (unpaired) electrons. The Morgan fingerprint density at radius 2 is 2.18 bits per heavy atom. The zero-order chi connectivity index (χ0) is 15.4. The van der Waals surface area contributed by atoms with Gasteiger partial charge in [0, 0.05) is 32.0 Å². The molecule has 1 aromatic heterocycles. The first-order chi connectivity index (χ1) is 10.7. The van der Waals surface area contributed by atoms with Crippen molar-refractivity contribution in [3.05, 3.63) is 24.0 Å². The van der Waals surface area contributed by atoms with Crippen molar-refractivity contribution in [2.45, 2.75) is 6.04 Å². The van der Waals surface area contributed by atoms with Gasteiger partial charge < -0.3 is 15.0 Å². The first-order valence-corrected chi connectivity index (χ1v) is 7.42. The molecule has 3 rings (SSSR count). The Hall–Kier alpha value is -1.90. The number of hydroxylamine groups is 2. The molecule has 8 nitrogen and oxygen atoms in total. The maximum atomic E-state index is 12.2. The molecule has 0 aromatic carbocycles. The second-order valence-corrected chi connectivity index (χ2v) is 5.32. The summed E-state index contributed by atoms with van der Waals surface area (Å²) in [7, 11) is 0. The molecule has 0 saturated carbocycles. The van der Waals surface area contributed by atoms with Gasteiger partial charge in [0.05, 0.1) is 25.3 Å². The molecule has 22 heavy (non-hydrogen) atoms. The number of carbonyl (C=O) groups is 2. The lowest BCUT2D eigenvalue weighted by molar-refractivity contribution is -0.163. The van der Waals surface area contributed by atoms with E-state index in [1.54, 1.807) is 18.5 Å². The first-order valence-electron chi connectivity index (χ1n) is 7.42. The van der Waals surface area contributed by atoms with Gasteiger partial charge in [0.25, 0.3) is 11.8 Å². The fraction of sp³-hybridized carbons (Fsp3) is 0.571. The molecular weight excluding hydrogens is 288 g/mol. The predicted molar refractivity (Wildman–Crippen MR) is 77.0 cm³/mol. The molecule has 2 saturated heterocycles. The van der Waals surface area contributed by atoms with E-state index in [1.807, 2.05) is 0 Å². The Balaban J connectivity index is 1.46. The van der Waals surface area contributed by atoms with E-state index >= 15 is 0 Å². The molecule has 8 heteroatoms. The monoisotopic (exact) mass is 308 g/mol. The van der Waals surface area contributed by atoms with Crippen molar-refractivity contribution in [3.8, 4) is 0 Å².